The van der Waals surface area contributed by atoms with Gasteiger partial charge in [0, 0.05) is 23.2 Å². The zero-order valence-electron chi connectivity index (χ0n) is 16.4. The normalized spacial score (nSPS) is 18.8. The predicted octanol–water partition coefficient (Wildman–Crippen LogP) is 5.79. The van der Waals surface area contributed by atoms with Crippen molar-refractivity contribution in [2.24, 2.45) is 5.92 Å². The third kappa shape index (κ3) is 4.38. The van der Waals surface area contributed by atoms with Crippen LogP contribution < -0.4 is 0 Å². The second-order valence-electron chi connectivity index (χ2n) is 7.73. The van der Waals surface area contributed by atoms with Crippen molar-refractivity contribution in [3.05, 3.63) is 76.4 Å². The van der Waals surface area contributed by atoms with Crippen molar-refractivity contribution < 1.29 is 23.1 Å². The largest absolute Gasteiger partial charge is 0.481 e. The molecule has 8 heteroatoms. The van der Waals surface area contributed by atoms with Crippen LogP contribution >= 0.6 is 11.6 Å². The van der Waals surface area contributed by atoms with Crippen molar-refractivity contribution in [3.8, 4) is 0 Å². The van der Waals surface area contributed by atoms with Gasteiger partial charge in [-0.1, -0.05) is 29.8 Å². The highest BCUT2D eigenvalue weighted by Crippen LogP contribution is 2.41. The van der Waals surface area contributed by atoms with Gasteiger partial charge in [0.05, 0.1) is 23.0 Å². The molecule has 1 aliphatic heterocycles. The summed E-state index contributed by atoms with van der Waals surface area (Å²) in [5.41, 5.74) is 0.971. The van der Waals surface area contributed by atoms with E-state index in [0.717, 1.165) is 23.1 Å². The van der Waals surface area contributed by atoms with E-state index >= 15 is 0 Å². The number of likely N-dealkylation sites (tertiary alicyclic amines) is 1. The van der Waals surface area contributed by atoms with Crippen molar-refractivity contribution >= 4 is 28.5 Å². The maximum absolute atomic E-state index is 13.5. The first-order valence-electron chi connectivity index (χ1n) is 9.93. The number of carboxylic acids is 1. The highest BCUT2D eigenvalue weighted by Gasteiger charge is 2.36. The molecular formula is C23H20ClF3N2O2. The third-order valence-electron chi connectivity index (χ3n) is 5.76. The first kappa shape index (κ1) is 21.6. The Labute approximate surface area is 182 Å². The Morgan fingerprint density at radius 1 is 1.16 bits per heavy atom. The van der Waals surface area contributed by atoms with Crippen molar-refractivity contribution in [1.82, 2.24) is 9.88 Å². The fourth-order valence-corrected chi connectivity index (χ4v) is 4.51. The Balaban J connectivity index is 1.91. The molecule has 1 aliphatic rings. The zero-order chi connectivity index (χ0) is 22.2. The molecule has 2 unspecified atom stereocenters. The van der Waals surface area contributed by atoms with Gasteiger partial charge in [-0.2, -0.15) is 13.2 Å². The number of aromatic nitrogens is 1. The molecule has 0 amide bonds. The molecule has 2 heterocycles. The van der Waals surface area contributed by atoms with Gasteiger partial charge in [0.2, 0.25) is 0 Å². The van der Waals surface area contributed by atoms with Crippen molar-refractivity contribution in [1.29, 1.82) is 0 Å². The topological polar surface area (TPSA) is 53.4 Å². The van der Waals surface area contributed by atoms with E-state index in [2.05, 4.69) is 4.98 Å². The number of nitrogens with zero attached hydrogens (tertiary/aromatic N) is 2. The summed E-state index contributed by atoms with van der Waals surface area (Å²) in [5, 5.41) is 10.5. The molecule has 4 rings (SSSR count). The molecule has 1 aromatic heterocycles. The van der Waals surface area contributed by atoms with E-state index < -0.39 is 29.7 Å². The highest BCUT2D eigenvalue weighted by atomic mass is 35.5. The number of pyridine rings is 1. The number of fused-ring (bicyclic) bond motifs is 1. The quantitative estimate of drug-likeness (QED) is 0.548. The number of para-hydroxylation sites is 1. The summed E-state index contributed by atoms with van der Waals surface area (Å²) >= 11 is 6.43. The second kappa shape index (κ2) is 8.48. The molecule has 1 fully saturated rings. The third-order valence-corrected chi connectivity index (χ3v) is 6.11. The molecule has 0 saturated carbocycles. The van der Waals surface area contributed by atoms with Gasteiger partial charge in [-0.3, -0.25) is 14.7 Å². The molecular weight excluding hydrogens is 429 g/mol. The number of aliphatic carboxylic acids is 1. The van der Waals surface area contributed by atoms with Crippen LogP contribution in [0.4, 0.5) is 13.2 Å². The second-order valence-corrected chi connectivity index (χ2v) is 8.13. The SMILES string of the molecule is O=C(O)C1CCCN(C(c2cc(C(F)(F)F)ccc2Cl)c2ccnc3ccccc23)C1. The molecule has 31 heavy (non-hydrogen) atoms. The lowest BCUT2D eigenvalue weighted by Crippen LogP contribution is -2.41. The van der Waals surface area contributed by atoms with Crippen molar-refractivity contribution in [2.75, 3.05) is 13.1 Å². The van der Waals surface area contributed by atoms with Crippen LogP contribution in [-0.2, 0) is 11.0 Å². The number of rotatable bonds is 4. The monoisotopic (exact) mass is 448 g/mol. The van der Waals surface area contributed by atoms with Gasteiger partial charge >= 0.3 is 12.1 Å². The number of piperidine rings is 1. The standard InChI is InChI=1S/C23H20ClF3N2O2/c24-19-8-7-15(23(25,26)27)12-18(19)21(29-11-3-4-14(13-29)22(30)31)17-9-10-28-20-6-2-1-5-16(17)20/h1-2,5-10,12,14,21H,3-4,11,13H2,(H,30,31). The number of carboxylic acid groups (broad SMARTS) is 1. The Morgan fingerprint density at radius 2 is 1.94 bits per heavy atom. The summed E-state index contributed by atoms with van der Waals surface area (Å²) < 4.78 is 40.5. The summed E-state index contributed by atoms with van der Waals surface area (Å²) in [5.74, 6) is -1.49. The van der Waals surface area contributed by atoms with E-state index in [-0.39, 0.29) is 11.6 Å². The predicted molar refractivity (Wildman–Crippen MR) is 112 cm³/mol. The first-order valence-corrected chi connectivity index (χ1v) is 10.3. The summed E-state index contributed by atoms with van der Waals surface area (Å²) in [7, 11) is 0. The van der Waals surface area contributed by atoms with Crippen LogP contribution in [0.1, 0.15) is 35.6 Å². The van der Waals surface area contributed by atoms with Crippen LogP contribution in [0.3, 0.4) is 0 Å². The summed E-state index contributed by atoms with van der Waals surface area (Å²) in [6.07, 6.45) is -1.74. The molecule has 162 valence electrons. The van der Waals surface area contributed by atoms with Gasteiger partial charge in [0.1, 0.15) is 0 Å². The average Bonchev–Trinajstić information content (AvgIpc) is 2.75. The number of hydrogen-bond acceptors (Lipinski definition) is 3. The molecule has 2 atom stereocenters. The van der Waals surface area contributed by atoms with Crippen molar-refractivity contribution in [2.45, 2.75) is 25.1 Å². The smallest absolute Gasteiger partial charge is 0.416 e. The van der Waals surface area contributed by atoms with Gasteiger partial charge in [-0.25, -0.2) is 0 Å². The van der Waals surface area contributed by atoms with Gasteiger partial charge in [-0.05, 0) is 60.8 Å². The number of carbonyl (C=O) groups is 1. The number of alkyl halides is 3. The van der Waals surface area contributed by atoms with Crippen LogP contribution in [0.5, 0.6) is 0 Å². The number of halogens is 4. The molecule has 2 aromatic carbocycles. The average molecular weight is 449 g/mol. The summed E-state index contributed by atoms with van der Waals surface area (Å²) in [4.78, 5) is 17.9. The van der Waals surface area contributed by atoms with Crippen LogP contribution in [0, 0.1) is 5.92 Å². The minimum Gasteiger partial charge on any atom is -0.481 e. The Hall–Kier alpha value is -2.64. The molecule has 4 nitrogen and oxygen atoms in total. The lowest BCUT2D eigenvalue weighted by molar-refractivity contribution is -0.143. The zero-order valence-corrected chi connectivity index (χ0v) is 17.2. The fraction of sp³-hybridized carbons (Fsp3) is 0.304. The van der Waals surface area contributed by atoms with E-state index in [1.54, 1.807) is 12.3 Å². The van der Waals surface area contributed by atoms with Crippen LogP contribution in [0.2, 0.25) is 5.02 Å². The minimum atomic E-state index is -4.52. The van der Waals surface area contributed by atoms with Gasteiger partial charge in [0.15, 0.2) is 0 Å². The Kier molecular flexibility index (Phi) is 5.90. The number of benzene rings is 2. The lowest BCUT2D eigenvalue weighted by Gasteiger charge is -2.38. The van der Waals surface area contributed by atoms with Crippen LogP contribution in [0.15, 0.2) is 54.7 Å². The fourth-order valence-electron chi connectivity index (χ4n) is 4.29. The maximum Gasteiger partial charge on any atom is 0.416 e. The van der Waals surface area contributed by atoms with Crippen molar-refractivity contribution in [3.63, 3.8) is 0 Å². The molecule has 0 aliphatic carbocycles. The minimum absolute atomic E-state index is 0.205. The summed E-state index contributed by atoms with van der Waals surface area (Å²) in [6, 6.07) is 11.8. The number of hydrogen-bond donors (Lipinski definition) is 1. The van der Waals surface area contributed by atoms with Gasteiger partial charge < -0.3 is 5.11 Å². The van der Waals surface area contributed by atoms with E-state index in [9.17, 15) is 23.1 Å². The summed E-state index contributed by atoms with van der Waals surface area (Å²) in [6.45, 7) is 0.779. The highest BCUT2D eigenvalue weighted by molar-refractivity contribution is 6.31. The molecule has 3 aromatic rings. The molecule has 0 spiro atoms. The van der Waals surface area contributed by atoms with Crippen LogP contribution in [0.25, 0.3) is 10.9 Å². The van der Waals surface area contributed by atoms with E-state index in [0.29, 0.717) is 30.5 Å². The molecule has 0 bridgehead atoms. The Morgan fingerprint density at radius 3 is 2.68 bits per heavy atom. The molecule has 1 saturated heterocycles. The van der Waals surface area contributed by atoms with E-state index in [4.69, 9.17) is 11.6 Å². The van der Waals surface area contributed by atoms with E-state index in [1.807, 2.05) is 29.2 Å². The maximum atomic E-state index is 13.5. The van der Waals surface area contributed by atoms with Gasteiger partial charge in [0.25, 0.3) is 0 Å². The lowest BCUT2D eigenvalue weighted by atomic mass is 9.89. The van der Waals surface area contributed by atoms with Crippen LogP contribution in [-0.4, -0.2) is 34.0 Å². The first-order chi connectivity index (χ1) is 14.8. The molecule has 1 N–H and O–H groups in total. The Bertz CT molecular complexity index is 1110. The van der Waals surface area contributed by atoms with E-state index in [1.165, 1.54) is 6.07 Å². The molecule has 0 radical (unpaired) electrons. The van der Waals surface area contributed by atoms with Gasteiger partial charge in [-0.15, -0.1) is 0 Å².